The molecule has 4 heterocycles. The van der Waals surface area contributed by atoms with Crippen molar-refractivity contribution in [2.45, 2.75) is 57.5 Å². The number of rotatable bonds is 4. The SMILES string of the molecule is Cc1nc2nc([C@@H]3CCO[C@@H](c4nc(C5CC5)n[nH]4)C3)nc(-c3ccc(F)cc3F)c2nc1C. The summed E-state index contributed by atoms with van der Waals surface area (Å²) in [7, 11) is 0. The predicted molar refractivity (Wildman–Crippen MR) is 119 cm³/mol. The molecule has 1 aliphatic heterocycles. The predicted octanol–water partition coefficient (Wildman–Crippen LogP) is 4.61. The smallest absolute Gasteiger partial charge is 0.182 e. The molecule has 2 atom stereocenters. The molecule has 174 valence electrons. The number of fused-ring (bicyclic) bond motifs is 1. The van der Waals surface area contributed by atoms with Crippen LogP contribution in [0.2, 0.25) is 0 Å². The van der Waals surface area contributed by atoms with Crippen molar-refractivity contribution in [3.8, 4) is 11.3 Å². The van der Waals surface area contributed by atoms with E-state index in [0.717, 1.165) is 30.4 Å². The van der Waals surface area contributed by atoms with Gasteiger partial charge in [0.1, 0.15) is 34.8 Å². The van der Waals surface area contributed by atoms with Crippen LogP contribution in [0.4, 0.5) is 8.78 Å². The molecule has 8 nitrogen and oxygen atoms in total. The summed E-state index contributed by atoms with van der Waals surface area (Å²) in [5, 5.41) is 7.37. The molecule has 0 spiro atoms. The Morgan fingerprint density at radius 3 is 2.53 bits per heavy atom. The number of aromatic amines is 1. The Morgan fingerprint density at radius 1 is 0.912 bits per heavy atom. The van der Waals surface area contributed by atoms with E-state index in [9.17, 15) is 8.78 Å². The van der Waals surface area contributed by atoms with Crippen LogP contribution in [0.3, 0.4) is 0 Å². The zero-order valence-electron chi connectivity index (χ0n) is 18.8. The third kappa shape index (κ3) is 3.81. The van der Waals surface area contributed by atoms with Crippen molar-refractivity contribution in [2.75, 3.05) is 6.61 Å². The van der Waals surface area contributed by atoms with Gasteiger partial charge >= 0.3 is 0 Å². The number of nitrogens with one attached hydrogen (secondary N) is 1. The summed E-state index contributed by atoms with van der Waals surface area (Å²) in [5.41, 5.74) is 2.71. The number of hydrogen-bond acceptors (Lipinski definition) is 7. The number of hydrogen-bond donors (Lipinski definition) is 1. The van der Waals surface area contributed by atoms with E-state index < -0.39 is 11.6 Å². The first-order chi connectivity index (χ1) is 16.5. The number of ether oxygens (including phenoxy) is 1. The minimum Gasteiger partial charge on any atom is -0.370 e. The second-order valence-corrected chi connectivity index (χ2v) is 9.06. The zero-order valence-corrected chi connectivity index (χ0v) is 18.8. The van der Waals surface area contributed by atoms with Gasteiger partial charge < -0.3 is 4.74 Å². The van der Waals surface area contributed by atoms with Gasteiger partial charge in [-0.3, -0.25) is 5.10 Å². The van der Waals surface area contributed by atoms with E-state index >= 15 is 0 Å². The van der Waals surface area contributed by atoms with Crippen LogP contribution < -0.4 is 0 Å². The van der Waals surface area contributed by atoms with E-state index in [1.165, 1.54) is 12.1 Å². The van der Waals surface area contributed by atoms with Gasteiger partial charge in [-0.05, 0) is 51.7 Å². The Bertz CT molecular complexity index is 1400. The first-order valence-electron chi connectivity index (χ1n) is 11.5. The number of nitrogens with zero attached hydrogens (tertiary/aromatic N) is 6. The van der Waals surface area contributed by atoms with E-state index in [4.69, 9.17) is 14.7 Å². The minimum atomic E-state index is -0.704. The van der Waals surface area contributed by atoms with Gasteiger partial charge in [0.25, 0.3) is 0 Å². The van der Waals surface area contributed by atoms with Gasteiger partial charge in [-0.25, -0.2) is 33.7 Å². The Morgan fingerprint density at radius 2 is 1.74 bits per heavy atom. The summed E-state index contributed by atoms with van der Waals surface area (Å²) in [5.74, 6) is 1.14. The third-order valence-corrected chi connectivity index (χ3v) is 6.56. The molecule has 1 aromatic carbocycles. The van der Waals surface area contributed by atoms with Crippen LogP contribution in [0.1, 0.15) is 72.5 Å². The van der Waals surface area contributed by atoms with Gasteiger partial charge in [0.2, 0.25) is 0 Å². The molecule has 1 aliphatic carbocycles. The van der Waals surface area contributed by atoms with Gasteiger partial charge in [-0.2, -0.15) is 5.10 Å². The van der Waals surface area contributed by atoms with Crippen molar-refractivity contribution in [1.29, 1.82) is 0 Å². The second-order valence-electron chi connectivity index (χ2n) is 9.06. The Hall–Kier alpha value is -3.40. The van der Waals surface area contributed by atoms with Crippen molar-refractivity contribution >= 4 is 11.2 Å². The summed E-state index contributed by atoms with van der Waals surface area (Å²) >= 11 is 0. The van der Waals surface area contributed by atoms with Crippen LogP contribution in [-0.2, 0) is 4.74 Å². The maximum Gasteiger partial charge on any atom is 0.182 e. The van der Waals surface area contributed by atoms with Crippen molar-refractivity contribution in [3.05, 3.63) is 58.7 Å². The molecular formula is C24H23F2N7O. The van der Waals surface area contributed by atoms with Crippen LogP contribution in [0.25, 0.3) is 22.4 Å². The Kier molecular flexibility index (Phi) is 5.05. The van der Waals surface area contributed by atoms with Crippen molar-refractivity contribution in [1.82, 2.24) is 35.1 Å². The van der Waals surface area contributed by atoms with Gasteiger partial charge in [0.15, 0.2) is 17.3 Å². The standard InChI is InChI=1S/C24H23F2N7O/c1-11-12(2)28-24-20(27-11)19(16-6-5-15(25)10-17(16)26)29-21(30-24)14-7-8-34-18(9-14)23-31-22(32-33-23)13-3-4-13/h5-6,10,13-14,18H,3-4,7-9H2,1-2H3,(H,31,32,33)/t14-,18-/m1/s1. The van der Waals surface area contributed by atoms with Gasteiger partial charge in [-0.1, -0.05) is 0 Å². The highest BCUT2D eigenvalue weighted by Crippen LogP contribution is 2.40. The fourth-order valence-electron chi connectivity index (χ4n) is 4.36. The van der Waals surface area contributed by atoms with E-state index in [2.05, 4.69) is 25.1 Å². The highest BCUT2D eigenvalue weighted by molar-refractivity contribution is 5.87. The lowest BCUT2D eigenvalue weighted by molar-refractivity contribution is -0.00108. The monoisotopic (exact) mass is 463 g/mol. The van der Waals surface area contributed by atoms with E-state index in [-0.39, 0.29) is 17.6 Å². The highest BCUT2D eigenvalue weighted by atomic mass is 19.1. The summed E-state index contributed by atoms with van der Waals surface area (Å²) in [6.07, 6.45) is 3.30. The molecule has 1 N–H and O–H groups in total. The lowest BCUT2D eigenvalue weighted by Gasteiger charge is -2.27. The quantitative estimate of drug-likeness (QED) is 0.471. The van der Waals surface area contributed by atoms with Gasteiger partial charge in [0.05, 0.1) is 11.4 Å². The average Bonchev–Trinajstić information content (AvgIpc) is 3.56. The van der Waals surface area contributed by atoms with Crippen LogP contribution in [0.15, 0.2) is 18.2 Å². The summed E-state index contributed by atoms with van der Waals surface area (Å²) in [6.45, 7) is 4.19. The average molecular weight is 463 g/mol. The maximum absolute atomic E-state index is 14.8. The Balaban J connectivity index is 1.41. The third-order valence-electron chi connectivity index (χ3n) is 6.56. The molecule has 10 heteroatoms. The number of benzene rings is 1. The number of aromatic nitrogens is 7. The van der Waals surface area contributed by atoms with Gasteiger partial charge in [-0.15, -0.1) is 0 Å². The molecule has 2 aliphatic rings. The molecule has 2 fully saturated rings. The van der Waals surface area contributed by atoms with Crippen molar-refractivity contribution < 1.29 is 13.5 Å². The van der Waals surface area contributed by atoms with Gasteiger partial charge in [0, 0.05) is 30.1 Å². The van der Waals surface area contributed by atoms with E-state index in [1.807, 2.05) is 13.8 Å². The number of aryl methyl sites for hydroxylation is 2. The lowest BCUT2D eigenvalue weighted by Crippen LogP contribution is -2.21. The molecule has 0 unspecified atom stereocenters. The maximum atomic E-state index is 14.8. The van der Waals surface area contributed by atoms with Crippen molar-refractivity contribution in [3.63, 3.8) is 0 Å². The minimum absolute atomic E-state index is 0.0525. The molecule has 0 amide bonds. The normalized spacial score (nSPS) is 20.7. The summed E-state index contributed by atoms with van der Waals surface area (Å²) in [6, 6.07) is 3.45. The molecule has 34 heavy (non-hydrogen) atoms. The topological polar surface area (TPSA) is 102 Å². The van der Waals surface area contributed by atoms with Crippen LogP contribution >= 0.6 is 0 Å². The molecule has 0 bridgehead atoms. The largest absolute Gasteiger partial charge is 0.370 e. The summed E-state index contributed by atoms with van der Waals surface area (Å²) < 4.78 is 34.4. The molecule has 0 radical (unpaired) electrons. The molecule has 6 rings (SSSR count). The lowest BCUT2D eigenvalue weighted by atomic mass is 9.94. The van der Waals surface area contributed by atoms with Crippen LogP contribution in [0, 0.1) is 25.5 Å². The zero-order chi connectivity index (χ0) is 23.4. The van der Waals surface area contributed by atoms with Crippen LogP contribution in [-0.4, -0.2) is 41.7 Å². The summed E-state index contributed by atoms with van der Waals surface area (Å²) in [4.78, 5) is 23.3. The molecule has 4 aromatic rings. The first kappa shape index (κ1) is 21.2. The van der Waals surface area contributed by atoms with Crippen LogP contribution in [0.5, 0.6) is 0 Å². The molecule has 1 saturated carbocycles. The molecule has 1 saturated heterocycles. The van der Waals surface area contributed by atoms with Crippen molar-refractivity contribution in [2.24, 2.45) is 0 Å². The van der Waals surface area contributed by atoms with E-state index in [1.54, 1.807) is 0 Å². The van der Waals surface area contributed by atoms with E-state index in [0.29, 0.717) is 59.6 Å². The fourth-order valence-corrected chi connectivity index (χ4v) is 4.36. The highest BCUT2D eigenvalue weighted by Gasteiger charge is 2.33. The molecular weight excluding hydrogens is 440 g/mol. The first-order valence-corrected chi connectivity index (χ1v) is 11.5. The molecule has 3 aromatic heterocycles. The fraction of sp³-hybridized carbons (Fsp3) is 0.417. The number of halogens is 2. The second kappa shape index (κ2) is 8.12. The number of H-pyrrole nitrogens is 1. The Labute approximate surface area is 194 Å².